The Bertz CT molecular complexity index is 446. The Balaban J connectivity index is 1.83. The molecule has 1 aliphatic rings. The molecule has 18 heavy (non-hydrogen) atoms. The van der Waals surface area contributed by atoms with Crippen LogP contribution in [0.25, 0.3) is 0 Å². The summed E-state index contributed by atoms with van der Waals surface area (Å²) in [4.78, 5) is 0. The highest BCUT2D eigenvalue weighted by Gasteiger charge is 2.06. The molecule has 0 saturated heterocycles. The molecule has 0 N–H and O–H groups in total. The van der Waals surface area contributed by atoms with E-state index in [9.17, 15) is 0 Å². The molecule has 1 aromatic carbocycles. The van der Waals surface area contributed by atoms with Gasteiger partial charge in [0.15, 0.2) is 0 Å². The van der Waals surface area contributed by atoms with Gasteiger partial charge in [-0.1, -0.05) is 29.8 Å². The second-order valence-electron chi connectivity index (χ2n) is 4.23. The number of hydrogen-bond acceptors (Lipinski definition) is 2. The Morgan fingerprint density at radius 2 is 1.94 bits per heavy atom. The Kier molecular flexibility index (Phi) is 4.85. The van der Waals surface area contributed by atoms with Crippen LogP contribution in [0.15, 0.2) is 47.0 Å². The fraction of sp³-hybridized carbons (Fsp3) is 0.333. The molecule has 0 atom stereocenters. The minimum absolute atomic E-state index is 0.599. The van der Waals surface area contributed by atoms with Gasteiger partial charge in [-0.05, 0) is 42.2 Å². The molecular weight excluding hydrogens is 248 g/mol. The van der Waals surface area contributed by atoms with Gasteiger partial charge in [0.2, 0.25) is 0 Å². The van der Waals surface area contributed by atoms with Crippen LogP contribution in [0, 0.1) is 0 Å². The Hall–Kier alpha value is -1.25. The molecule has 0 aliphatic heterocycles. The summed E-state index contributed by atoms with van der Waals surface area (Å²) in [6.07, 6.45) is 6.10. The lowest BCUT2D eigenvalue weighted by Crippen LogP contribution is -2.02. The molecule has 1 aliphatic carbocycles. The highest BCUT2D eigenvalue weighted by molar-refractivity contribution is 6.31. The van der Waals surface area contributed by atoms with Crippen LogP contribution in [-0.2, 0) is 11.3 Å². The van der Waals surface area contributed by atoms with Crippen molar-refractivity contribution in [3.8, 4) is 5.75 Å². The zero-order valence-electron chi connectivity index (χ0n) is 10.5. The van der Waals surface area contributed by atoms with E-state index in [1.54, 1.807) is 7.11 Å². The van der Waals surface area contributed by atoms with E-state index >= 15 is 0 Å². The maximum absolute atomic E-state index is 6.10. The molecule has 0 bridgehead atoms. The van der Waals surface area contributed by atoms with E-state index in [4.69, 9.17) is 21.1 Å². The van der Waals surface area contributed by atoms with Crippen molar-refractivity contribution >= 4 is 11.6 Å². The van der Waals surface area contributed by atoms with Gasteiger partial charge >= 0.3 is 0 Å². The van der Waals surface area contributed by atoms with Crippen LogP contribution in [0.3, 0.4) is 0 Å². The van der Waals surface area contributed by atoms with Crippen LogP contribution < -0.4 is 4.74 Å². The molecule has 0 heterocycles. The van der Waals surface area contributed by atoms with Crippen molar-refractivity contribution in [3.63, 3.8) is 0 Å². The molecule has 0 radical (unpaired) electrons. The second kappa shape index (κ2) is 6.62. The summed E-state index contributed by atoms with van der Waals surface area (Å²) in [7, 11) is 1.66. The van der Waals surface area contributed by atoms with Crippen LogP contribution in [-0.4, -0.2) is 13.7 Å². The molecule has 0 saturated carbocycles. The van der Waals surface area contributed by atoms with Crippen LogP contribution in [0.1, 0.15) is 18.4 Å². The summed E-state index contributed by atoms with van der Waals surface area (Å²) in [6, 6.07) is 7.90. The molecule has 0 aromatic heterocycles. The average Bonchev–Trinajstić information content (AvgIpc) is 2.42. The number of benzene rings is 1. The lowest BCUT2D eigenvalue weighted by atomic mass is 10.1. The van der Waals surface area contributed by atoms with Crippen LogP contribution in [0.2, 0.25) is 0 Å². The highest BCUT2D eigenvalue weighted by Crippen LogP contribution is 2.22. The van der Waals surface area contributed by atoms with Gasteiger partial charge in [0.05, 0.1) is 20.3 Å². The monoisotopic (exact) mass is 264 g/mol. The molecule has 3 heteroatoms. The molecule has 0 unspecified atom stereocenters. The van der Waals surface area contributed by atoms with E-state index in [0.717, 1.165) is 29.2 Å². The van der Waals surface area contributed by atoms with E-state index in [2.05, 4.69) is 6.08 Å². The number of rotatable bonds is 5. The van der Waals surface area contributed by atoms with E-state index in [1.807, 2.05) is 30.3 Å². The van der Waals surface area contributed by atoms with Gasteiger partial charge < -0.3 is 9.47 Å². The summed E-state index contributed by atoms with van der Waals surface area (Å²) in [5.74, 6) is 0.863. The van der Waals surface area contributed by atoms with Crippen molar-refractivity contribution < 1.29 is 9.47 Å². The van der Waals surface area contributed by atoms with E-state index in [-0.39, 0.29) is 0 Å². The summed E-state index contributed by atoms with van der Waals surface area (Å²) in [5.41, 5.74) is 2.33. The standard InChI is InChI=1S/C15H17ClO2/c1-17-14-8-6-12(7-9-14)10-18-11-13-4-2-3-5-15(13)16/h3,5-9H,2,4,10-11H2,1H3. The van der Waals surface area contributed by atoms with Crippen molar-refractivity contribution in [2.75, 3.05) is 13.7 Å². The van der Waals surface area contributed by atoms with Gasteiger partial charge in [-0.25, -0.2) is 0 Å². The van der Waals surface area contributed by atoms with Gasteiger partial charge in [-0.3, -0.25) is 0 Å². The third-order valence-electron chi connectivity index (χ3n) is 2.92. The molecule has 0 fully saturated rings. The first-order valence-electron chi connectivity index (χ1n) is 6.04. The van der Waals surface area contributed by atoms with Crippen molar-refractivity contribution in [2.45, 2.75) is 19.4 Å². The third-order valence-corrected chi connectivity index (χ3v) is 3.31. The number of hydrogen-bond donors (Lipinski definition) is 0. The van der Waals surface area contributed by atoms with Gasteiger partial charge in [0.25, 0.3) is 0 Å². The minimum atomic E-state index is 0.599. The fourth-order valence-corrected chi connectivity index (χ4v) is 2.07. The summed E-state index contributed by atoms with van der Waals surface area (Å²) >= 11 is 6.10. The Labute approximate surface area is 113 Å². The van der Waals surface area contributed by atoms with Crippen LogP contribution in [0.4, 0.5) is 0 Å². The summed E-state index contributed by atoms with van der Waals surface area (Å²) in [5, 5.41) is 0.830. The summed E-state index contributed by atoms with van der Waals surface area (Å²) < 4.78 is 10.8. The van der Waals surface area contributed by atoms with Crippen LogP contribution in [0.5, 0.6) is 5.75 Å². The zero-order chi connectivity index (χ0) is 12.8. The third kappa shape index (κ3) is 3.62. The van der Waals surface area contributed by atoms with E-state index in [1.165, 1.54) is 5.57 Å². The number of ether oxygens (including phenoxy) is 2. The smallest absolute Gasteiger partial charge is 0.118 e. The topological polar surface area (TPSA) is 18.5 Å². The van der Waals surface area contributed by atoms with Gasteiger partial charge in [0, 0.05) is 5.03 Å². The lowest BCUT2D eigenvalue weighted by Gasteiger charge is -2.12. The van der Waals surface area contributed by atoms with E-state index in [0.29, 0.717) is 13.2 Å². The maximum Gasteiger partial charge on any atom is 0.118 e. The lowest BCUT2D eigenvalue weighted by molar-refractivity contribution is 0.140. The van der Waals surface area contributed by atoms with Crippen molar-refractivity contribution in [3.05, 3.63) is 52.6 Å². The SMILES string of the molecule is COc1ccc(COCC2=C(Cl)C=CCC2)cc1. The van der Waals surface area contributed by atoms with Gasteiger partial charge in [-0.15, -0.1) is 0 Å². The second-order valence-corrected chi connectivity index (χ2v) is 4.64. The Morgan fingerprint density at radius 3 is 2.61 bits per heavy atom. The fourth-order valence-electron chi connectivity index (χ4n) is 1.84. The first-order chi connectivity index (χ1) is 8.79. The number of allylic oxidation sites excluding steroid dienone is 3. The Morgan fingerprint density at radius 1 is 1.17 bits per heavy atom. The number of methoxy groups -OCH3 is 1. The summed E-state index contributed by atoms with van der Waals surface area (Å²) in [6.45, 7) is 1.20. The molecule has 2 rings (SSSR count). The molecule has 0 amide bonds. The largest absolute Gasteiger partial charge is 0.497 e. The molecule has 96 valence electrons. The minimum Gasteiger partial charge on any atom is -0.497 e. The van der Waals surface area contributed by atoms with Crippen molar-refractivity contribution in [1.29, 1.82) is 0 Å². The highest BCUT2D eigenvalue weighted by atomic mass is 35.5. The zero-order valence-corrected chi connectivity index (χ0v) is 11.2. The maximum atomic E-state index is 6.10. The predicted octanol–water partition coefficient (Wildman–Crippen LogP) is 4.05. The molecule has 1 aromatic rings. The number of halogens is 1. The van der Waals surface area contributed by atoms with Gasteiger partial charge in [0.1, 0.15) is 5.75 Å². The quantitative estimate of drug-likeness (QED) is 0.799. The predicted molar refractivity (Wildman–Crippen MR) is 73.9 cm³/mol. The normalized spacial score (nSPS) is 15.0. The molecule has 2 nitrogen and oxygen atoms in total. The van der Waals surface area contributed by atoms with Crippen molar-refractivity contribution in [1.82, 2.24) is 0 Å². The van der Waals surface area contributed by atoms with Crippen molar-refractivity contribution in [2.24, 2.45) is 0 Å². The first kappa shape index (κ1) is 13.2. The van der Waals surface area contributed by atoms with E-state index < -0.39 is 0 Å². The average molecular weight is 265 g/mol. The first-order valence-corrected chi connectivity index (χ1v) is 6.42. The van der Waals surface area contributed by atoms with Crippen LogP contribution >= 0.6 is 11.6 Å². The molecular formula is C15H17ClO2. The molecule has 0 spiro atoms. The van der Waals surface area contributed by atoms with Gasteiger partial charge in [-0.2, -0.15) is 0 Å².